The minimum absolute atomic E-state index is 0.190. The summed E-state index contributed by atoms with van der Waals surface area (Å²) in [7, 11) is 2.96. The lowest BCUT2D eigenvalue weighted by atomic mass is 10.1. The predicted octanol–water partition coefficient (Wildman–Crippen LogP) is 3.34. The molecule has 2 aromatic rings. The van der Waals surface area contributed by atoms with Gasteiger partial charge < -0.3 is 19.5 Å². The fourth-order valence-corrected chi connectivity index (χ4v) is 2.30. The number of methoxy groups -OCH3 is 2. The average Bonchev–Trinajstić information content (AvgIpc) is 2.61. The molecule has 0 aliphatic rings. The number of esters is 1. The maximum Gasteiger partial charge on any atom is 0.339 e. The summed E-state index contributed by atoms with van der Waals surface area (Å²) >= 11 is 0. The number of carbonyl (C=O) groups is 2. The van der Waals surface area contributed by atoms with Crippen molar-refractivity contribution in [3.8, 4) is 11.5 Å². The van der Waals surface area contributed by atoms with Gasteiger partial charge in [0.25, 0.3) is 5.91 Å². The van der Waals surface area contributed by atoms with Crippen LogP contribution >= 0.6 is 0 Å². The minimum Gasteiger partial charge on any atom is -0.496 e. The van der Waals surface area contributed by atoms with Crippen molar-refractivity contribution in [3.05, 3.63) is 53.3 Å². The van der Waals surface area contributed by atoms with Gasteiger partial charge in [0.05, 0.1) is 19.8 Å². The van der Waals surface area contributed by atoms with Crippen LogP contribution in [0.3, 0.4) is 0 Å². The van der Waals surface area contributed by atoms with Gasteiger partial charge in [-0.2, -0.15) is 0 Å². The molecule has 0 bridgehead atoms. The third-order valence-corrected chi connectivity index (χ3v) is 3.73. The average molecular weight is 361 g/mol. The summed E-state index contributed by atoms with van der Waals surface area (Å²) in [5.74, 6) is -0.828. The molecule has 0 fully saturated rings. The minimum atomic E-state index is -1.08. The first-order valence-corrected chi connectivity index (χ1v) is 7.85. The number of hydrogen-bond donors (Lipinski definition) is 1. The Balaban J connectivity index is 2.10. The second kappa shape index (κ2) is 8.33. The molecule has 0 radical (unpaired) electrons. The largest absolute Gasteiger partial charge is 0.496 e. The highest BCUT2D eigenvalue weighted by Gasteiger charge is 2.21. The Morgan fingerprint density at radius 2 is 1.69 bits per heavy atom. The highest BCUT2D eigenvalue weighted by molar-refractivity contribution is 5.97. The van der Waals surface area contributed by atoms with Gasteiger partial charge in [-0.25, -0.2) is 9.18 Å². The van der Waals surface area contributed by atoms with E-state index >= 15 is 0 Å². The smallest absolute Gasteiger partial charge is 0.339 e. The number of benzene rings is 2. The van der Waals surface area contributed by atoms with E-state index in [1.54, 1.807) is 6.92 Å². The van der Waals surface area contributed by atoms with Gasteiger partial charge in [0, 0.05) is 11.3 Å². The van der Waals surface area contributed by atoms with Gasteiger partial charge in [-0.3, -0.25) is 4.79 Å². The zero-order valence-corrected chi connectivity index (χ0v) is 15.0. The van der Waals surface area contributed by atoms with Crippen LogP contribution in [0.2, 0.25) is 0 Å². The summed E-state index contributed by atoms with van der Waals surface area (Å²) in [5.41, 5.74) is 1.20. The van der Waals surface area contributed by atoms with E-state index in [-0.39, 0.29) is 11.3 Å². The monoisotopic (exact) mass is 361 g/mol. The summed E-state index contributed by atoms with van der Waals surface area (Å²) in [5, 5.41) is 2.49. The van der Waals surface area contributed by atoms with E-state index in [2.05, 4.69) is 5.32 Å². The van der Waals surface area contributed by atoms with E-state index in [1.165, 1.54) is 57.5 Å². The Morgan fingerprint density at radius 1 is 1.08 bits per heavy atom. The molecule has 0 aromatic heterocycles. The van der Waals surface area contributed by atoms with E-state index in [0.717, 1.165) is 5.56 Å². The molecule has 7 heteroatoms. The first-order valence-electron chi connectivity index (χ1n) is 7.85. The molecule has 138 valence electrons. The van der Waals surface area contributed by atoms with Gasteiger partial charge in [-0.1, -0.05) is 6.07 Å². The van der Waals surface area contributed by atoms with Crippen LogP contribution < -0.4 is 14.8 Å². The van der Waals surface area contributed by atoms with E-state index < -0.39 is 23.8 Å². The molecule has 1 amide bonds. The maximum absolute atomic E-state index is 13.2. The maximum atomic E-state index is 13.2. The SMILES string of the molecule is COc1cc(C(=O)OC(C)C(=O)Nc2cccc(F)c2)cc(OC)c1C. The van der Waals surface area contributed by atoms with Crippen molar-refractivity contribution in [1.82, 2.24) is 0 Å². The molecule has 0 aliphatic carbocycles. The Kier molecular flexibility index (Phi) is 6.16. The summed E-state index contributed by atoms with van der Waals surface area (Å²) in [6.07, 6.45) is -1.08. The number of nitrogens with one attached hydrogen (secondary N) is 1. The van der Waals surface area contributed by atoms with E-state index in [1.807, 2.05) is 0 Å². The Labute approximate surface area is 150 Å². The summed E-state index contributed by atoms with van der Waals surface area (Å²) in [6.45, 7) is 3.22. The van der Waals surface area contributed by atoms with Crippen LogP contribution in [0.15, 0.2) is 36.4 Å². The standard InChI is InChI=1S/C19H20FNO5/c1-11-16(24-3)8-13(9-17(11)25-4)19(23)26-12(2)18(22)21-15-7-5-6-14(20)10-15/h5-10,12H,1-4H3,(H,21,22). The molecule has 6 nitrogen and oxygen atoms in total. The lowest BCUT2D eigenvalue weighted by molar-refractivity contribution is -0.123. The second-order valence-corrected chi connectivity index (χ2v) is 5.55. The van der Waals surface area contributed by atoms with Crippen molar-refractivity contribution in [2.75, 3.05) is 19.5 Å². The molecule has 0 heterocycles. The summed E-state index contributed by atoms with van der Waals surface area (Å²) in [6, 6.07) is 8.45. The molecular formula is C19H20FNO5. The van der Waals surface area contributed by atoms with Crippen molar-refractivity contribution >= 4 is 17.6 Å². The number of hydrogen-bond acceptors (Lipinski definition) is 5. The molecule has 0 saturated heterocycles. The number of halogens is 1. The van der Waals surface area contributed by atoms with E-state index in [4.69, 9.17) is 14.2 Å². The molecule has 26 heavy (non-hydrogen) atoms. The van der Waals surface area contributed by atoms with Crippen LogP contribution in [0.5, 0.6) is 11.5 Å². The van der Waals surface area contributed by atoms with Gasteiger partial charge in [0.15, 0.2) is 6.10 Å². The number of ether oxygens (including phenoxy) is 3. The molecule has 2 aromatic carbocycles. The van der Waals surface area contributed by atoms with Crippen LogP contribution in [-0.2, 0) is 9.53 Å². The van der Waals surface area contributed by atoms with Crippen molar-refractivity contribution < 1.29 is 28.2 Å². The third-order valence-electron chi connectivity index (χ3n) is 3.73. The van der Waals surface area contributed by atoms with Gasteiger partial charge in [0.1, 0.15) is 17.3 Å². The zero-order valence-electron chi connectivity index (χ0n) is 15.0. The van der Waals surface area contributed by atoms with Crippen LogP contribution in [0, 0.1) is 12.7 Å². The Bertz CT molecular complexity index is 796. The van der Waals surface area contributed by atoms with Crippen molar-refractivity contribution in [1.29, 1.82) is 0 Å². The number of carbonyl (C=O) groups excluding carboxylic acids is 2. The van der Waals surface area contributed by atoms with E-state index in [9.17, 15) is 14.0 Å². The third kappa shape index (κ3) is 4.50. The molecule has 0 aliphatic heterocycles. The topological polar surface area (TPSA) is 73.9 Å². The van der Waals surface area contributed by atoms with Crippen LogP contribution in [0.1, 0.15) is 22.8 Å². The molecule has 1 atom stereocenters. The lowest BCUT2D eigenvalue weighted by Crippen LogP contribution is -2.30. The van der Waals surface area contributed by atoms with Crippen LogP contribution in [-0.4, -0.2) is 32.2 Å². The lowest BCUT2D eigenvalue weighted by Gasteiger charge is -2.15. The highest BCUT2D eigenvalue weighted by Crippen LogP contribution is 2.29. The van der Waals surface area contributed by atoms with Crippen molar-refractivity contribution in [3.63, 3.8) is 0 Å². The van der Waals surface area contributed by atoms with Gasteiger partial charge in [0.2, 0.25) is 0 Å². The fourth-order valence-electron chi connectivity index (χ4n) is 2.30. The Morgan fingerprint density at radius 3 is 2.23 bits per heavy atom. The molecule has 0 spiro atoms. The van der Waals surface area contributed by atoms with Crippen molar-refractivity contribution in [2.24, 2.45) is 0 Å². The van der Waals surface area contributed by atoms with Gasteiger partial charge in [-0.15, -0.1) is 0 Å². The summed E-state index contributed by atoms with van der Waals surface area (Å²) < 4.78 is 28.8. The Hall–Kier alpha value is -3.09. The summed E-state index contributed by atoms with van der Waals surface area (Å²) in [4.78, 5) is 24.5. The second-order valence-electron chi connectivity index (χ2n) is 5.55. The number of amides is 1. The van der Waals surface area contributed by atoms with Crippen LogP contribution in [0.4, 0.5) is 10.1 Å². The predicted molar refractivity (Wildman–Crippen MR) is 94.2 cm³/mol. The number of rotatable bonds is 6. The van der Waals surface area contributed by atoms with Crippen molar-refractivity contribution in [2.45, 2.75) is 20.0 Å². The molecule has 2 rings (SSSR count). The van der Waals surface area contributed by atoms with Gasteiger partial charge in [-0.05, 0) is 44.2 Å². The first-order chi connectivity index (χ1) is 12.3. The van der Waals surface area contributed by atoms with Gasteiger partial charge >= 0.3 is 5.97 Å². The first kappa shape index (κ1) is 19.2. The normalized spacial score (nSPS) is 11.4. The molecule has 1 unspecified atom stereocenters. The molecular weight excluding hydrogens is 341 g/mol. The fraction of sp³-hybridized carbons (Fsp3) is 0.263. The zero-order chi connectivity index (χ0) is 19.3. The molecule has 1 N–H and O–H groups in total. The highest BCUT2D eigenvalue weighted by atomic mass is 19.1. The van der Waals surface area contributed by atoms with E-state index in [0.29, 0.717) is 11.5 Å². The van der Waals surface area contributed by atoms with Crippen LogP contribution in [0.25, 0.3) is 0 Å². The molecule has 0 saturated carbocycles. The number of anilines is 1. The quantitative estimate of drug-likeness (QED) is 0.799.